The number of aromatic nitrogens is 2. The van der Waals surface area contributed by atoms with Gasteiger partial charge in [0.25, 0.3) is 5.91 Å². The van der Waals surface area contributed by atoms with Gasteiger partial charge in [-0.25, -0.2) is 4.98 Å². The first-order chi connectivity index (χ1) is 14.8. The van der Waals surface area contributed by atoms with Crippen LogP contribution < -0.4 is 10.3 Å². The summed E-state index contributed by atoms with van der Waals surface area (Å²) in [6, 6.07) is 21.7. The molecular weight excluding hydrogens is 394 g/mol. The number of nitrogens with one attached hydrogen (secondary N) is 1. The highest BCUT2D eigenvalue weighted by Gasteiger charge is 2.38. The van der Waals surface area contributed by atoms with Gasteiger partial charge in [-0.2, -0.15) is 10.1 Å². The van der Waals surface area contributed by atoms with Gasteiger partial charge in [-0.3, -0.25) is 9.78 Å². The molecule has 5 rings (SSSR count). The predicted octanol–water partition coefficient (Wildman–Crippen LogP) is 3.85. The summed E-state index contributed by atoms with van der Waals surface area (Å²) >= 11 is 1.48. The monoisotopic (exact) mass is 413 g/mol. The molecule has 1 aliphatic rings. The first-order valence-electron chi connectivity index (χ1n) is 9.73. The summed E-state index contributed by atoms with van der Waals surface area (Å²) in [5, 5.41) is 10.2. The van der Waals surface area contributed by atoms with Crippen LogP contribution in [0.3, 0.4) is 0 Å². The van der Waals surface area contributed by atoms with E-state index in [0.29, 0.717) is 18.2 Å². The second-order valence-corrected chi connectivity index (χ2v) is 8.01. The van der Waals surface area contributed by atoms with Crippen molar-refractivity contribution in [3.8, 4) is 0 Å². The molecule has 0 saturated heterocycles. The molecule has 7 heteroatoms. The van der Waals surface area contributed by atoms with Crippen LogP contribution in [-0.2, 0) is 11.3 Å². The van der Waals surface area contributed by atoms with Gasteiger partial charge in [0.2, 0.25) is 5.13 Å². The summed E-state index contributed by atoms with van der Waals surface area (Å²) in [6.07, 6.45) is 3.53. The van der Waals surface area contributed by atoms with Crippen LogP contribution in [0.5, 0.6) is 0 Å². The second kappa shape index (κ2) is 8.14. The van der Waals surface area contributed by atoms with Gasteiger partial charge < -0.3 is 5.32 Å². The number of hydrogen-bond acceptors (Lipinski definition) is 6. The van der Waals surface area contributed by atoms with E-state index >= 15 is 0 Å². The van der Waals surface area contributed by atoms with Crippen molar-refractivity contribution in [1.82, 2.24) is 15.3 Å². The van der Waals surface area contributed by atoms with Gasteiger partial charge in [-0.05, 0) is 35.4 Å². The van der Waals surface area contributed by atoms with Crippen LogP contribution >= 0.6 is 11.3 Å². The van der Waals surface area contributed by atoms with Crippen LogP contribution in [-0.4, -0.2) is 28.1 Å². The quantitative estimate of drug-likeness (QED) is 0.521. The van der Waals surface area contributed by atoms with E-state index in [1.807, 2.05) is 66.7 Å². The third-order valence-electron chi connectivity index (χ3n) is 5.00. The molecular formula is C23H19N5OS. The molecule has 1 amide bonds. The van der Waals surface area contributed by atoms with Crippen LogP contribution in [0, 0.1) is 5.92 Å². The van der Waals surface area contributed by atoms with Crippen LogP contribution in [0.25, 0.3) is 10.2 Å². The Hall–Kier alpha value is -3.42. The number of rotatable bonds is 6. The largest absolute Gasteiger partial charge is 0.311 e. The molecule has 2 aromatic carbocycles. The Balaban J connectivity index is 1.43. The van der Waals surface area contributed by atoms with Crippen molar-refractivity contribution in [2.24, 2.45) is 11.0 Å². The molecule has 1 N–H and O–H groups in total. The lowest BCUT2D eigenvalue weighted by molar-refractivity contribution is -0.119. The summed E-state index contributed by atoms with van der Waals surface area (Å²) in [6.45, 7) is 1.16. The summed E-state index contributed by atoms with van der Waals surface area (Å²) < 4.78 is 1.04. The zero-order valence-corrected chi connectivity index (χ0v) is 16.9. The van der Waals surface area contributed by atoms with Gasteiger partial charge in [-0.15, -0.1) is 0 Å². The van der Waals surface area contributed by atoms with E-state index in [1.165, 1.54) is 16.3 Å². The van der Waals surface area contributed by atoms with Gasteiger partial charge in [0, 0.05) is 25.5 Å². The fraction of sp³-hybridized carbons (Fsp3) is 0.130. The third-order valence-corrected chi connectivity index (χ3v) is 6.02. The van der Waals surface area contributed by atoms with Crippen molar-refractivity contribution in [2.45, 2.75) is 6.54 Å². The number of carbonyl (C=O) groups is 1. The van der Waals surface area contributed by atoms with Crippen molar-refractivity contribution >= 4 is 38.3 Å². The van der Waals surface area contributed by atoms with E-state index in [4.69, 9.17) is 5.10 Å². The number of amides is 1. The summed E-state index contributed by atoms with van der Waals surface area (Å²) in [5.74, 6) is -0.434. The van der Waals surface area contributed by atoms with Gasteiger partial charge >= 0.3 is 0 Å². The zero-order valence-electron chi connectivity index (χ0n) is 16.1. The molecule has 0 bridgehead atoms. The van der Waals surface area contributed by atoms with E-state index < -0.39 is 0 Å². The van der Waals surface area contributed by atoms with Crippen molar-refractivity contribution in [3.63, 3.8) is 0 Å². The average Bonchev–Trinajstić information content (AvgIpc) is 3.36. The molecule has 30 heavy (non-hydrogen) atoms. The second-order valence-electron chi connectivity index (χ2n) is 7.00. The molecule has 0 aliphatic carbocycles. The lowest BCUT2D eigenvalue weighted by atomic mass is 9.96. The standard InChI is InChI=1S/C23H19N5OS/c29-22-18(15-25-14-16-10-12-24-13-11-16)21(17-6-2-1-3-7-17)27-28(22)23-26-19-8-4-5-9-20(19)30-23/h1-13,18,25H,14-15H2. The Bertz CT molecular complexity index is 1170. The van der Waals surface area contributed by atoms with E-state index in [9.17, 15) is 4.79 Å². The number of nitrogens with zero attached hydrogens (tertiary/aromatic N) is 4. The molecule has 0 spiro atoms. The first kappa shape index (κ1) is 18.6. The number of hydrazone groups is 1. The number of para-hydroxylation sites is 1. The highest BCUT2D eigenvalue weighted by molar-refractivity contribution is 7.22. The lowest BCUT2D eigenvalue weighted by Gasteiger charge is -2.13. The highest BCUT2D eigenvalue weighted by atomic mass is 32.1. The maximum atomic E-state index is 13.3. The summed E-state index contributed by atoms with van der Waals surface area (Å²) in [5.41, 5.74) is 3.71. The smallest absolute Gasteiger partial charge is 0.260 e. The molecule has 0 radical (unpaired) electrons. The third kappa shape index (κ3) is 3.60. The molecule has 148 valence electrons. The fourth-order valence-electron chi connectivity index (χ4n) is 3.49. The van der Waals surface area contributed by atoms with E-state index in [1.54, 1.807) is 12.4 Å². The molecule has 1 unspecified atom stereocenters. The molecule has 6 nitrogen and oxygen atoms in total. The number of benzene rings is 2. The van der Waals surface area contributed by atoms with Crippen molar-refractivity contribution in [2.75, 3.05) is 11.6 Å². The Morgan fingerprint density at radius 2 is 1.73 bits per heavy atom. The van der Waals surface area contributed by atoms with Crippen LogP contribution in [0.1, 0.15) is 11.1 Å². The number of thiazole rings is 1. The Morgan fingerprint density at radius 3 is 2.53 bits per heavy atom. The van der Waals surface area contributed by atoms with Crippen molar-refractivity contribution in [1.29, 1.82) is 0 Å². The molecule has 1 atom stereocenters. The minimum absolute atomic E-state index is 0.0601. The van der Waals surface area contributed by atoms with E-state index in [-0.39, 0.29) is 11.8 Å². The lowest BCUT2D eigenvalue weighted by Crippen LogP contribution is -2.35. The van der Waals surface area contributed by atoms with E-state index in [0.717, 1.165) is 27.1 Å². The topological polar surface area (TPSA) is 70.5 Å². The number of hydrogen-bond donors (Lipinski definition) is 1. The predicted molar refractivity (Wildman–Crippen MR) is 120 cm³/mol. The minimum Gasteiger partial charge on any atom is -0.311 e. The number of fused-ring (bicyclic) bond motifs is 1. The summed E-state index contributed by atoms with van der Waals surface area (Å²) in [7, 11) is 0. The van der Waals surface area contributed by atoms with Crippen LogP contribution in [0.15, 0.2) is 84.2 Å². The van der Waals surface area contributed by atoms with Gasteiger partial charge in [-0.1, -0.05) is 53.8 Å². The average molecular weight is 414 g/mol. The molecule has 0 saturated carbocycles. The zero-order chi connectivity index (χ0) is 20.3. The molecule has 3 heterocycles. The van der Waals surface area contributed by atoms with Crippen LogP contribution in [0.2, 0.25) is 0 Å². The van der Waals surface area contributed by atoms with Crippen molar-refractivity contribution < 1.29 is 4.79 Å². The number of pyridine rings is 1. The molecule has 4 aromatic rings. The Morgan fingerprint density at radius 1 is 0.967 bits per heavy atom. The maximum absolute atomic E-state index is 13.3. The SMILES string of the molecule is O=C1C(CNCc2ccncc2)C(c2ccccc2)=NN1c1nc2ccccc2s1. The van der Waals surface area contributed by atoms with Gasteiger partial charge in [0.05, 0.1) is 21.8 Å². The van der Waals surface area contributed by atoms with Crippen LogP contribution in [0.4, 0.5) is 5.13 Å². The molecule has 2 aromatic heterocycles. The fourth-order valence-corrected chi connectivity index (χ4v) is 4.42. The minimum atomic E-state index is -0.374. The van der Waals surface area contributed by atoms with Gasteiger partial charge in [0.15, 0.2) is 0 Å². The highest BCUT2D eigenvalue weighted by Crippen LogP contribution is 2.33. The number of carbonyl (C=O) groups excluding carboxylic acids is 1. The molecule has 1 aliphatic heterocycles. The Kier molecular flexibility index (Phi) is 5.04. The summed E-state index contributed by atoms with van der Waals surface area (Å²) in [4.78, 5) is 22.0. The Labute approximate surface area is 177 Å². The first-order valence-corrected chi connectivity index (χ1v) is 10.5. The van der Waals surface area contributed by atoms with E-state index in [2.05, 4.69) is 15.3 Å². The molecule has 0 fully saturated rings. The maximum Gasteiger partial charge on any atom is 0.260 e. The van der Waals surface area contributed by atoms with Crippen molar-refractivity contribution in [3.05, 3.63) is 90.3 Å². The van der Waals surface area contributed by atoms with Gasteiger partial charge in [0.1, 0.15) is 0 Å². The number of anilines is 1. The normalized spacial score (nSPS) is 16.3.